The van der Waals surface area contributed by atoms with Crippen molar-refractivity contribution in [1.82, 2.24) is 20.0 Å². The van der Waals surface area contributed by atoms with Crippen LogP contribution in [0, 0.1) is 0 Å². The predicted octanol–water partition coefficient (Wildman–Crippen LogP) is 4.10. The smallest absolute Gasteiger partial charge is 0.337 e. The number of nitrogens with zero attached hydrogens (tertiary/aromatic N) is 4. The predicted molar refractivity (Wildman–Crippen MR) is 156 cm³/mol. The summed E-state index contributed by atoms with van der Waals surface area (Å²) < 4.78 is 4.86. The van der Waals surface area contributed by atoms with E-state index in [4.69, 9.17) is 4.74 Å². The van der Waals surface area contributed by atoms with E-state index in [-0.39, 0.29) is 5.91 Å². The number of anilines is 2. The number of ether oxygens (including phenoxy) is 1. The van der Waals surface area contributed by atoms with Crippen LogP contribution < -0.4 is 10.6 Å². The molecule has 1 fully saturated rings. The number of carbonyl (C=O) groups excluding carboxylic acids is 2. The number of benzene rings is 3. The molecule has 3 aromatic carbocycles. The Hall–Kier alpha value is -4.60. The van der Waals surface area contributed by atoms with Crippen LogP contribution in [-0.2, 0) is 16.1 Å². The van der Waals surface area contributed by atoms with Crippen LogP contribution in [-0.4, -0.2) is 72.2 Å². The van der Waals surface area contributed by atoms with Gasteiger partial charge < -0.3 is 20.3 Å². The normalized spacial score (nSPS) is 16.9. The Morgan fingerprint density at radius 1 is 0.925 bits per heavy atom. The average molecular weight is 535 g/mol. The lowest BCUT2D eigenvalue weighted by Gasteiger charge is -2.32. The van der Waals surface area contributed by atoms with Gasteiger partial charge >= 0.3 is 5.97 Å². The third-order valence-corrected chi connectivity index (χ3v) is 7.50. The molecule has 0 aliphatic carbocycles. The monoisotopic (exact) mass is 534 g/mol. The molecule has 2 aliphatic heterocycles. The standard InChI is InChI=1S/C31H30N6O3/c1-36-11-13-37(14-12-36)19-20-3-8-25(9-4-20)34-29(21-5-6-23-17-32-33-18-24(23)15-21)28-26-10-7-22(31(39)40-2)16-27(26)35-30(28)38/h3-10,15-18,34H,11-14,19H2,1-2H3,(H,35,38)/b29-28-. The van der Waals surface area contributed by atoms with Crippen molar-refractivity contribution < 1.29 is 14.3 Å². The number of aromatic nitrogens is 2. The molecule has 0 radical (unpaired) electrons. The van der Waals surface area contributed by atoms with E-state index in [9.17, 15) is 9.59 Å². The van der Waals surface area contributed by atoms with E-state index >= 15 is 0 Å². The number of carbonyl (C=O) groups is 2. The van der Waals surface area contributed by atoms with Crippen molar-refractivity contribution in [1.29, 1.82) is 0 Å². The van der Waals surface area contributed by atoms with Gasteiger partial charge in [0.15, 0.2) is 0 Å². The summed E-state index contributed by atoms with van der Waals surface area (Å²) in [5, 5.41) is 16.3. The van der Waals surface area contributed by atoms with Gasteiger partial charge in [0.25, 0.3) is 5.91 Å². The van der Waals surface area contributed by atoms with Crippen molar-refractivity contribution in [3.63, 3.8) is 0 Å². The molecule has 1 amide bonds. The molecule has 2 aliphatic rings. The van der Waals surface area contributed by atoms with E-state index < -0.39 is 5.97 Å². The Bertz CT molecular complexity index is 1620. The molecular weight excluding hydrogens is 504 g/mol. The van der Waals surface area contributed by atoms with Gasteiger partial charge in [0.1, 0.15) is 0 Å². The highest BCUT2D eigenvalue weighted by Crippen LogP contribution is 2.38. The van der Waals surface area contributed by atoms with Gasteiger partial charge in [-0.1, -0.05) is 30.3 Å². The fraction of sp³-hybridized carbons (Fsp3) is 0.226. The molecule has 4 aromatic rings. The molecule has 9 nitrogen and oxygen atoms in total. The van der Waals surface area contributed by atoms with E-state index in [1.807, 2.05) is 30.3 Å². The highest BCUT2D eigenvalue weighted by molar-refractivity contribution is 6.37. The van der Waals surface area contributed by atoms with E-state index in [0.717, 1.165) is 54.7 Å². The molecule has 2 N–H and O–H groups in total. The summed E-state index contributed by atoms with van der Waals surface area (Å²) in [5.41, 5.74) is 5.74. The molecule has 0 bridgehead atoms. The second-order valence-electron chi connectivity index (χ2n) is 10.2. The zero-order valence-electron chi connectivity index (χ0n) is 22.5. The summed E-state index contributed by atoms with van der Waals surface area (Å²) in [7, 11) is 3.50. The second-order valence-corrected chi connectivity index (χ2v) is 10.2. The van der Waals surface area contributed by atoms with Crippen LogP contribution >= 0.6 is 0 Å². The summed E-state index contributed by atoms with van der Waals surface area (Å²) in [5.74, 6) is -0.709. The van der Waals surface area contributed by atoms with Crippen LogP contribution in [0.3, 0.4) is 0 Å². The van der Waals surface area contributed by atoms with Crippen molar-refractivity contribution in [3.05, 3.63) is 95.3 Å². The first kappa shape index (κ1) is 25.7. The molecule has 3 heterocycles. The van der Waals surface area contributed by atoms with E-state index in [1.165, 1.54) is 12.7 Å². The van der Waals surface area contributed by atoms with Gasteiger partial charge in [-0.15, -0.1) is 0 Å². The quantitative estimate of drug-likeness (QED) is 0.282. The van der Waals surface area contributed by atoms with Gasteiger partial charge in [-0.05, 0) is 48.5 Å². The van der Waals surface area contributed by atoms with Crippen LogP contribution in [0.4, 0.5) is 11.4 Å². The number of rotatable bonds is 6. The minimum atomic E-state index is -0.458. The number of piperazine rings is 1. The molecule has 0 atom stereocenters. The fourth-order valence-electron chi connectivity index (χ4n) is 5.20. The van der Waals surface area contributed by atoms with Gasteiger partial charge in [-0.3, -0.25) is 9.69 Å². The Morgan fingerprint density at radius 2 is 1.65 bits per heavy atom. The molecule has 202 valence electrons. The molecular formula is C31H30N6O3. The highest BCUT2D eigenvalue weighted by atomic mass is 16.5. The summed E-state index contributed by atoms with van der Waals surface area (Å²) in [4.78, 5) is 30.3. The zero-order chi connectivity index (χ0) is 27.6. The summed E-state index contributed by atoms with van der Waals surface area (Å²) in [6, 6.07) is 19.4. The van der Waals surface area contributed by atoms with Crippen LogP contribution in [0.5, 0.6) is 0 Å². The van der Waals surface area contributed by atoms with Gasteiger partial charge in [0, 0.05) is 54.7 Å². The van der Waals surface area contributed by atoms with Gasteiger partial charge in [-0.2, -0.15) is 10.2 Å². The van der Waals surface area contributed by atoms with Gasteiger partial charge in [-0.25, -0.2) is 4.79 Å². The van der Waals surface area contributed by atoms with E-state index in [1.54, 1.807) is 30.6 Å². The molecule has 0 unspecified atom stereocenters. The average Bonchev–Trinajstić information content (AvgIpc) is 3.31. The van der Waals surface area contributed by atoms with Crippen molar-refractivity contribution in [2.24, 2.45) is 0 Å². The Labute approximate surface area is 232 Å². The fourth-order valence-corrected chi connectivity index (χ4v) is 5.20. The topological polar surface area (TPSA) is 99.7 Å². The number of fused-ring (bicyclic) bond motifs is 2. The molecule has 0 saturated carbocycles. The molecule has 1 aromatic heterocycles. The number of hydrogen-bond donors (Lipinski definition) is 2. The minimum Gasteiger partial charge on any atom is -0.465 e. The number of likely N-dealkylation sites (N-methyl/N-ethyl adjacent to an activating group) is 1. The number of amides is 1. The van der Waals surface area contributed by atoms with Crippen LogP contribution in [0.25, 0.3) is 22.0 Å². The summed E-state index contributed by atoms with van der Waals surface area (Å²) >= 11 is 0. The van der Waals surface area contributed by atoms with E-state index in [0.29, 0.717) is 28.1 Å². The summed E-state index contributed by atoms with van der Waals surface area (Å²) in [6.45, 7) is 5.19. The van der Waals surface area contributed by atoms with E-state index in [2.05, 4.69) is 49.8 Å². The van der Waals surface area contributed by atoms with Crippen molar-refractivity contribution in [2.45, 2.75) is 6.54 Å². The Balaban J connectivity index is 1.37. The Morgan fingerprint density at radius 3 is 2.40 bits per heavy atom. The molecule has 6 rings (SSSR count). The van der Waals surface area contributed by atoms with Crippen molar-refractivity contribution in [2.75, 3.05) is 51.0 Å². The number of nitrogens with one attached hydrogen (secondary N) is 2. The largest absolute Gasteiger partial charge is 0.465 e. The first-order valence-electron chi connectivity index (χ1n) is 13.2. The van der Waals surface area contributed by atoms with Crippen LogP contribution in [0.1, 0.15) is 27.0 Å². The minimum absolute atomic E-state index is 0.251. The Kier molecular flexibility index (Phi) is 6.98. The van der Waals surface area contributed by atoms with Crippen molar-refractivity contribution >= 4 is 45.3 Å². The maximum atomic E-state index is 13.4. The summed E-state index contributed by atoms with van der Waals surface area (Å²) in [6.07, 6.45) is 3.42. The lowest BCUT2D eigenvalue weighted by molar-refractivity contribution is -0.110. The zero-order valence-corrected chi connectivity index (χ0v) is 22.5. The third-order valence-electron chi connectivity index (χ3n) is 7.50. The number of methoxy groups -OCH3 is 1. The molecule has 1 saturated heterocycles. The number of hydrogen-bond acceptors (Lipinski definition) is 8. The lowest BCUT2D eigenvalue weighted by Crippen LogP contribution is -2.43. The first-order chi connectivity index (χ1) is 19.5. The molecule has 0 spiro atoms. The lowest BCUT2D eigenvalue weighted by atomic mass is 9.98. The first-order valence-corrected chi connectivity index (χ1v) is 13.2. The van der Waals surface area contributed by atoms with Gasteiger partial charge in [0.2, 0.25) is 0 Å². The van der Waals surface area contributed by atoms with Crippen LogP contribution in [0.2, 0.25) is 0 Å². The maximum Gasteiger partial charge on any atom is 0.337 e. The maximum absolute atomic E-state index is 13.4. The molecule has 40 heavy (non-hydrogen) atoms. The second kappa shape index (κ2) is 10.9. The number of esters is 1. The molecule has 9 heteroatoms. The van der Waals surface area contributed by atoms with Gasteiger partial charge in [0.05, 0.1) is 42.0 Å². The van der Waals surface area contributed by atoms with Crippen LogP contribution in [0.15, 0.2) is 73.1 Å². The third kappa shape index (κ3) is 5.16. The SMILES string of the molecule is COC(=O)c1ccc2c(c1)NC(=O)/C2=C(\Nc1ccc(CN2CCN(C)CC2)cc1)c1ccc2cnncc2c1. The van der Waals surface area contributed by atoms with Crippen molar-refractivity contribution in [3.8, 4) is 0 Å². The highest BCUT2D eigenvalue weighted by Gasteiger charge is 2.29.